The number of carbonyl (C=O) groups is 3. The number of likely N-dealkylation sites (tertiary alicyclic amines) is 1. The van der Waals surface area contributed by atoms with Crippen LogP contribution in [0.3, 0.4) is 0 Å². The molecule has 0 aliphatic carbocycles. The zero-order chi connectivity index (χ0) is 15.1. The van der Waals surface area contributed by atoms with Crippen LogP contribution in [0, 0.1) is 5.92 Å². The van der Waals surface area contributed by atoms with E-state index in [1.807, 2.05) is 18.7 Å². The van der Waals surface area contributed by atoms with Crippen molar-refractivity contribution < 1.29 is 14.4 Å². The lowest BCUT2D eigenvalue weighted by molar-refractivity contribution is -0.138. The van der Waals surface area contributed by atoms with Gasteiger partial charge in [-0.05, 0) is 18.8 Å². The molecule has 0 aromatic rings. The highest BCUT2D eigenvalue weighted by atomic mass is 16.2. The van der Waals surface area contributed by atoms with Crippen molar-refractivity contribution in [3.63, 3.8) is 0 Å². The number of hydrogen-bond acceptors (Lipinski definition) is 3. The van der Waals surface area contributed by atoms with E-state index in [1.54, 1.807) is 0 Å². The molecule has 0 saturated carbocycles. The summed E-state index contributed by atoms with van der Waals surface area (Å²) in [5.74, 6) is 0.163. The van der Waals surface area contributed by atoms with E-state index >= 15 is 0 Å². The minimum atomic E-state index is -0.276. The van der Waals surface area contributed by atoms with Gasteiger partial charge in [0.1, 0.15) is 0 Å². The molecule has 2 heterocycles. The van der Waals surface area contributed by atoms with Crippen LogP contribution in [-0.2, 0) is 14.4 Å². The molecule has 5 heteroatoms. The van der Waals surface area contributed by atoms with Crippen LogP contribution in [0.5, 0.6) is 0 Å². The maximum absolute atomic E-state index is 11.8. The lowest BCUT2D eigenvalue weighted by Crippen LogP contribution is -2.33. The van der Waals surface area contributed by atoms with Gasteiger partial charge in [-0.3, -0.25) is 19.3 Å². The predicted molar refractivity (Wildman–Crippen MR) is 83.5 cm³/mol. The monoisotopic (exact) mass is 296 g/mol. The Balaban J connectivity index is 0.00000128. The summed E-state index contributed by atoms with van der Waals surface area (Å²) in [5.41, 5.74) is 0. The van der Waals surface area contributed by atoms with Gasteiger partial charge in [0, 0.05) is 38.2 Å². The van der Waals surface area contributed by atoms with Crippen LogP contribution in [0.2, 0.25) is 0 Å². The zero-order valence-electron chi connectivity index (χ0n) is 12.6. The molecule has 1 atom stereocenters. The van der Waals surface area contributed by atoms with Gasteiger partial charge < -0.3 is 4.90 Å². The van der Waals surface area contributed by atoms with Crippen molar-refractivity contribution in [2.75, 3.05) is 19.6 Å². The van der Waals surface area contributed by atoms with E-state index in [-0.39, 0.29) is 25.1 Å². The molecule has 1 unspecified atom stereocenters. The third-order valence-corrected chi connectivity index (χ3v) is 3.45. The molecule has 0 aromatic heterocycles. The van der Waals surface area contributed by atoms with Crippen molar-refractivity contribution in [1.82, 2.24) is 9.80 Å². The second kappa shape index (κ2) is 9.32. The fraction of sp³-hybridized carbons (Fsp3) is 0.688. The number of rotatable bonds is 4. The van der Waals surface area contributed by atoms with E-state index in [0.717, 1.165) is 19.5 Å². The van der Waals surface area contributed by atoms with Gasteiger partial charge in [0.15, 0.2) is 0 Å². The summed E-state index contributed by atoms with van der Waals surface area (Å²) in [6.45, 7) is 8.14. The van der Waals surface area contributed by atoms with Crippen molar-refractivity contribution in [2.45, 2.75) is 47.5 Å². The predicted octanol–water partition coefficient (Wildman–Crippen LogP) is 2.22. The summed E-state index contributed by atoms with van der Waals surface area (Å²) >= 11 is 0. The Morgan fingerprint density at radius 1 is 1.24 bits per heavy atom. The fourth-order valence-electron chi connectivity index (χ4n) is 2.36. The molecule has 0 bridgehead atoms. The average Bonchev–Trinajstić information content (AvgIpc) is 3.01. The van der Waals surface area contributed by atoms with Crippen LogP contribution in [0.4, 0.5) is 0 Å². The Morgan fingerprint density at radius 3 is 2.29 bits per heavy atom. The highest BCUT2D eigenvalue weighted by molar-refractivity contribution is 6.12. The molecule has 2 aliphatic rings. The van der Waals surface area contributed by atoms with Crippen LogP contribution in [0.25, 0.3) is 0 Å². The van der Waals surface area contributed by atoms with Crippen molar-refractivity contribution in [3.8, 4) is 0 Å². The van der Waals surface area contributed by atoms with Crippen molar-refractivity contribution in [3.05, 3.63) is 12.2 Å². The molecule has 2 aliphatic heterocycles. The molecular weight excluding hydrogens is 268 g/mol. The van der Waals surface area contributed by atoms with Gasteiger partial charge in [0.25, 0.3) is 11.8 Å². The second-order valence-corrected chi connectivity index (χ2v) is 5.00. The Morgan fingerprint density at radius 2 is 1.81 bits per heavy atom. The summed E-state index contributed by atoms with van der Waals surface area (Å²) in [4.78, 5) is 37.5. The Hall–Kier alpha value is -1.65. The van der Waals surface area contributed by atoms with Crippen LogP contribution in [-0.4, -0.2) is 47.2 Å². The van der Waals surface area contributed by atoms with E-state index in [9.17, 15) is 14.4 Å². The van der Waals surface area contributed by atoms with Gasteiger partial charge in [-0.25, -0.2) is 0 Å². The quantitative estimate of drug-likeness (QED) is 0.747. The lowest BCUT2D eigenvalue weighted by atomic mass is 10.2. The first-order valence-electron chi connectivity index (χ1n) is 7.39. The lowest BCUT2D eigenvalue weighted by Gasteiger charge is -2.17. The van der Waals surface area contributed by atoms with Crippen molar-refractivity contribution >= 4 is 17.7 Å². The Bertz CT molecular complexity index is 386. The van der Waals surface area contributed by atoms with E-state index in [2.05, 4.69) is 6.92 Å². The Labute approximate surface area is 128 Å². The molecular formula is C16H28N2O3. The standard InChI is InChI=1S/C13H18N2O3.C2H6.CH4/c1-10-6-8-14(9-10)11(16)3-2-7-15-12(17)4-5-13(15)18;1-2;/h4-5,10H,2-3,6-9H2,1H3;1-2H3;1H4. The SMILES string of the molecule is C.CC.CC1CCN(C(=O)CCCN2C(=O)C=CC2=O)C1. The molecule has 5 nitrogen and oxygen atoms in total. The van der Waals surface area contributed by atoms with E-state index in [1.165, 1.54) is 17.1 Å². The smallest absolute Gasteiger partial charge is 0.253 e. The third kappa shape index (κ3) is 5.33. The first kappa shape index (κ1) is 19.4. The average molecular weight is 296 g/mol. The first-order valence-corrected chi connectivity index (χ1v) is 7.39. The minimum absolute atomic E-state index is 0. The maximum atomic E-state index is 11.8. The van der Waals surface area contributed by atoms with Crippen LogP contribution in [0.15, 0.2) is 12.2 Å². The van der Waals surface area contributed by atoms with E-state index in [4.69, 9.17) is 0 Å². The van der Waals surface area contributed by atoms with E-state index < -0.39 is 0 Å². The number of imide groups is 1. The van der Waals surface area contributed by atoms with Crippen molar-refractivity contribution in [2.24, 2.45) is 5.92 Å². The number of nitrogens with zero attached hydrogens (tertiary/aromatic N) is 2. The molecule has 1 fully saturated rings. The highest BCUT2D eigenvalue weighted by Gasteiger charge is 2.25. The molecule has 1 saturated heterocycles. The van der Waals surface area contributed by atoms with Gasteiger partial charge in [-0.1, -0.05) is 28.2 Å². The third-order valence-electron chi connectivity index (χ3n) is 3.45. The fourth-order valence-corrected chi connectivity index (χ4v) is 2.36. The Kier molecular flexibility index (Phi) is 8.58. The maximum Gasteiger partial charge on any atom is 0.253 e. The van der Waals surface area contributed by atoms with Gasteiger partial charge >= 0.3 is 0 Å². The summed E-state index contributed by atoms with van der Waals surface area (Å²) < 4.78 is 0. The summed E-state index contributed by atoms with van der Waals surface area (Å²) in [5, 5.41) is 0. The van der Waals surface area contributed by atoms with Gasteiger partial charge in [0.05, 0.1) is 0 Å². The molecule has 3 amide bonds. The van der Waals surface area contributed by atoms with Crippen LogP contribution in [0.1, 0.15) is 47.5 Å². The first-order chi connectivity index (χ1) is 9.58. The second-order valence-electron chi connectivity index (χ2n) is 5.00. The molecule has 0 N–H and O–H groups in total. The summed E-state index contributed by atoms with van der Waals surface area (Å²) in [6, 6.07) is 0. The summed E-state index contributed by atoms with van der Waals surface area (Å²) in [7, 11) is 0. The molecule has 0 aromatic carbocycles. The minimum Gasteiger partial charge on any atom is -0.342 e. The van der Waals surface area contributed by atoms with Gasteiger partial charge in [-0.2, -0.15) is 0 Å². The number of carbonyl (C=O) groups excluding carboxylic acids is 3. The van der Waals surface area contributed by atoms with Gasteiger partial charge in [-0.15, -0.1) is 0 Å². The topological polar surface area (TPSA) is 57.7 Å². The number of hydrogen-bond donors (Lipinski definition) is 0. The molecule has 21 heavy (non-hydrogen) atoms. The zero-order valence-corrected chi connectivity index (χ0v) is 12.6. The molecule has 120 valence electrons. The normalized spacial score (nSPS) is 20.2. The van der Waals surface area contributed by atoms with Crippen LogP contribution >= 0.6 is 0 Å². The molecule has 0 spiro atoms. The van der Waals surface area contributed by atoms with Gasteiger partial charge in [0.2, 0.25) is 5.91 Å². The molecule has 0 radical (unpaired) electrons. The number of amides is 3. The molecule has 2 rings (SSSR count). The summed E-state index contributed by atoms with van der Waals surface area (Å²) in [6.07, 6.45) is 4.56. The van der Waals surface area contributed by atoms with Crippen molar-refractivity contribution in [1.29, 1.82) is 0 Å². The highest BCUT2D eigenvalue weighted by Crippen LogP contribution is 2.16. The van der Waals surface area contributed by atoms with E-state index in [0.29, 0.717) is 25.3 Å². The van der Waals surface area contributed by atoms with Crippen LogP contribution < -0.4 is 0 Å². The largest absolute Gasteiger partial charge is 0.342 e.